The standard InChI is InChI=1S/C14H24ClN3/c1-4-9-18(10-5-2)14-8-7-12(15)13(17-14)11-16-6-3/h7-8,16H,4-6,9-11H2,1-3H3. The van der Waals surface area contributed by atoms with Crippen molar-refractivity contribution in [1.29, 1.82) is 0 Å². The van der Waals surface area contributed by atoms with Crippen LogP contribution in [-0.4, -0.2) is 24.6 Å². The molecule has 0 unspecified atom stereocenters. The zero-order valence-corrected chi connectivity index (χ0v) is 12.4. The van der Waals surface area contributed by atoms with Gasteiger partial charge < -0.3 is 10.2 Å². The molecule has 0 bridgehead atoms. The summed E-state index contributed by atoms with van der Waals surface area (Å²) < 4.78 is 0. The first-order valence-corrected chi connectivity index (χ1v) is 7.21. The maximum Gasteiger partial charge on any atom is 0.128 e. The molecule has 1 aromatic heterocycles. The summed E-state index contributed by atoms with van der Waals surface area (Å²) in [6, 6.07) is 3.97. The van der Waals surface area contributed by atoms with Gasteiger partial charge in [0.05, 0.1) is 10.7 Å². The van der Waals surface area contributed by atoms with E-state index in [0.29, 0.717) is 0 Å². The highest BCUT2D eigenvalue weighted by atomic mass is 35.5. The minimum Gasteiger partial charge on any atom is -0.357 e. The predicted molar refractivity (Wildman–Crippen MR) is 79.4 cm³/mol. The van der Waals surface area contributed by atoms with Crippen molar-refractivity contribution in [1.82, 2.24) is 10.3 Å². The number of anilines is 1. The molecule has 0 spiro atoms. The molecule has 0 aliphatic rings. The summed E-state index contributed by atoms with van der Waals surface area (Å²) in [4.78, 5) is 7.00. The van der Waals surface area contributed by atoms with Crippen LogP contribution in [0.3, 0.4) is 0 Å². The Morgan fingerprint density at radius 3 is 2.39 bits per heavy atom. The van der Waals surface area contributed by atoms with Gasteiger partial charge in [-0.15, -0.1) is 0 Å². The molecule has 0 atom stereocenters. The molecule has 0 saturated carbocycles. The SMILES string of the molecule is CCCN(CCC)c1ccc(Cl)c(CNCC)n1. The molecule has 0 amide bonds. The summed E-state index contributed by atoms with van der Waals surface area (Å²) in [6.45, 7) is 10.2. The second-order valence-corrected chi connectivity index (χ2v) is 4.77. The molecule has 1 rings (SSSR count). The zero-order valence-electron chi connectivity index (χ0n) is 11.7. The number of pyridine rings is 1. The smallest absolute Gasteiger partial charge is 0.128 e. The number of halogens is 1. The number of aromatic nitrogens is 1. The largest absolute Gasteiger partial charge is 0.357 e. The molecule has 0 radical (unpaired) electrons. The normalized spacial score (nSPS) is 10.7. The van der Waals surface area contributed by atoms with Gasteiger partial charge in [0.15, 0.2) is 0 Å². The maximum atomic E-state index is 6.17. The Balaban J connectivity index is 2.86. The van der Waals surface area contributed by atoms with Crippen LogP contribution in [0, 0.1) is 0 Å². The summed E-state index contributed by atoms with van der Waals surface area (Å²) in [6.07, 6.45) is 2.26. The van der Waals surface area contributed by atoms with Gasteiger partial charge in [-0.25, -0.2) is 4.98 Å². The summed E-state index contributed by atoms with van der Waals surface area (Å²) in [5, 5.41) is 4.01. The molecule has 18 heavy (non-hydrogen) atoms. The number of nitrogens with one attached hydrogen (secondary N) is 1. The van der Waals surface area contributed by atoms with E-state index in [1.165, 1.54) is 0 Å². The van der Waals surface area contributed by atoms with Crippen molar-refractivity contribution >= 4 is 17.4 Å². The fourth-order valence-electron chi connectivity index (χ4n) is 1.90. The number of hydrogen-bond donors (Lipinski definition) is 1. The highest BCUT2D eigenvalue weighted by Crippen LogP contribution is 2.19. The van der Waals surface area contributed by atoms with Crippen LogP contribution in [0.2, 0.25) is 5.02 Å². The van der Waals surface area contributed by atoms with Crippen molar-refractivity contribution in [3.8, 4) is 0 Å². The first-order valence-electron chi connectivity index (χ1n) is 6.83. The fourth-order valence-corrected chi connectivity index (χ4v) is 2.07. The van der Waals surface area contributed by atoms with Gasteiger partial charge in [0.1, 0.15) is 5.82 Å². The predicted octanol–water partition coefficient (Wildman–Crippen LogP) is 3.47. The molecule has 1 aromatic rings. The lowest BCUT2D eigenvalue weighted by Gasteiger charge is -2.23. The van der Waals surface area contributed by atoms with Crippen LogP contribution in [-0.2, 0) is 6.54 Å². The lowest BCUT2D eigenvalue weighted by Crippen LogP contribution is -2.26. The van der Waals surface area contributed by atoms with E-state index in [0.717, 1.165) is 55.6 Å². The molecule has 102 valence electrons. The zero-order chi connectivity index (χ0) is 13.4. The minimum absolute atomic E-state index is 0.731. The first-order chi connectivity index (χ1) is 8.72. The summed E-state index contributed by atoms with van der Waals surface area (Å²) in [5.74, 6) is 1.04. The van der Waals surface area contributed by atoms with Gasteiger partial charge in [0, 0.05) is 19.6 Å². The quantitative estimate of drug-likeness (QED) is 0.783. The molecule has 1 N–H and O–H groups in total. The Hall–Kier alpha value is -0.800. The van der Waals surface area contributed by atoms with Gasteiger partial charge >= 0.3 is 0 Å². The average Bonchev–Trinajstić information content (AvgIpc) is 2.38. The van der Waals surface area contributed by atoms with Crippen LogP contribution >= 0.6 is 11.6 Å². The van der Waals surface area contributed by atoms with Crippen molar-refractivity contribution in [2.24, 2.45) is 0 Å². The van der Waals surface area contributed by atoms with Gasteiger partial charge in [-0.1, -0.05) is 32.4 Å². The molecule has 4 heteroatoms. The molecular formula is C14H24ClN3. The van der Waals surface area contributed by atoms with Crippen LogP contribution in [0.1, 0.15) is 39.3 Å². The number of rotatable bonds is 8. The Labute approximate surface area is 116 Å². The van der Waals surface area contributed by atoms with Crippen molar-refractivity contribution < 1.29 is 0 Å². The highest BCUT2D eigenvalue weighted by molar-refractivity contribution is 6.31. The van der Waals surface area contributed by atoms with E-state index in [9.17, 15) is 0 Å². The first kappa shape index (κ1) is 15.3. The molecular weight excluding hydrogens is 246 g/mol. The lowest BCUT2D eigenvalue weighted by molar-refractivity contribution is 0.698. The minimum atomic E-state index is 0.731. The Morgan fingerprint density at radius 2 is 1.83 bits per heavy atom. The van der Waals surface area contributed by atoms with Crippen molar-refractivity contribution in [2.45, 2.75) is 40.2 Å². The monoisotopic (exact) mass is 269 g/mol. The molecule has 0 aliphatic heterocycles. The van der Waals surface area contributed by atoms with E-state index in [-0.39, 0.29) is 0 Å². The van der Waals surface area contributed by atoms with Crippen LogP contribution in [0.5, 0.6) is 0 Å². The van der Waals surface area contributed by atoms with Crippen LogP contribution < -0.4 is 10.2 Å². The van der Waals surface area contributed by atoms with Crippen LogP contribution in [0.25, 0.3) is 0 Å². The topological polar surface area (TPSA) is 28.2 Å². The average molecular weight is 270 g/mol. The van der Waals surface area contributed by atoms with E-state index >= 15 is 0 Å². The van der Waals surface area contributed by atoms with Gasteiger partial charge in [-0.2, -0.15) is 0 Å². The molecule has 3 nitrogen and oxygen atoms in total. The third-order valence-electron chi connectivity index (χ3n) is 2.76. The molecule has 0 aliphatic carbocycles. The number of nitrogens with zero attached hydrogens (tertiary/aromatic N) is 2. The van der Waals surface area contributed by atoms with E-state index in [1.54, 1.807) is 0 Å². The van der Waals surface area contributed by atoms with E-state index in [4.69, 9.17) is 11.6 Å². The van der Waals surface area contributed by atoms with Crippen molar-refractivity contribution in [3.05, 3.63) is 22.8 Å². The Kier molecular flexibility index (Phi) is 7.06. The molecule has 0 aromatic carbocycles. The van der Waals surface area contributed by atoms with Gasteiger partial charge in [-0.05, 0) is 31.5 Å². The second-order valence-electron chi connectivity index (χ2n) is 4.37. The molecule has 1 heterocycles. The summed E-state index contributed by atoms with van der Waals surface area (Å²) in [7, 11) is 0. The third-order valence-corrected chi connectivity index (χ3v) is 3.10. The van der Waals surface area contributed by atoms with E-state index < -0.39 is 0 Å². The van der Waals surface area contributed by atoms with Crippen LogP contribution in [0.4, 0.5) is 5.82 Å². The lowest BCUT2D eigenvalue weighted by atomic mass is 10.3. The highest BCUT2D eigenvalue weighted by Gasteiger charge is 2.09. The van der Waals surface area contributed by atoms with Crippen molar-refractivity contribution in [3.63, 3.8) is 0 Å². The molecule has 0 fully saturated rings. The maximum absolute atomic E-state index is 6.17. The van der Waals surface area contributed by atoms with Gasteiger partial charge in [-0.3, -0.25) is 0 Å². The third kappa shape index (κ3) is 4.46. The molecule has 0 saturated heterocycles. The fraction of sp³-hybridized carbons (Fsp3) is 0.643. The number of hydrogen-bond acceptors (Lipinski definition) is 3. The van der Waals surface area contributed by atoms with E-state index in [2.05, 4.69) is 36.0 Å². The Morgan fingerprint density at radius 1 is 1.17 bits per heavy atom. The van der Waals surface area contributed by atoms with E-state index in [1.807, 2.05) is 12.1 Å². The van der Waals surface area contributed by atoms with Gasteiger partial charge in [0.2, 0.25) is 0 Å². The summed E-state index contributed by atoms with van der Waals surface area (Å²) in [5.41, 5.74) is 0.938. The van der Waals surface area contributed by atoms with Crippen LogP contribution in [0.15, 0.2) is 12.1 Å². The van der Waals surface area contributed by atoms with Gasteiger partial charge in [0.25, 0.3) is 0 Å². The van der Waals surface area contributed by atoms with Crippen molar-refractivity contribution in [2.75, 3.05) is 24.5 Å². The second kappa shape index (κ2) is 8.33. The Bertz CT molecular complexity index is 349. The summed E-state index contributed by atoms with van der Waals surface area (Å²) >= 11 is 6.17.